The van der Waals surface area contributed by atoms with Crippen molar-refractivity contribution in [2.24, 2.45) is 0 Å². The smallest absolute Gasteiger partial charge is 0.255 e. The van der Waals surface area contributed by atoms with Crippen LogP contribution in [0.5, 0.6) is 0 Å². The average Bonchev–Trinajstić information content (AvgIpc) is 2.62. The van der Waals surface area contributed by atoms with E-state index in [0.717, 1.165) is 0 Å². The Morgan fingerprint density at radius 2 is 1.80 bits per heavy atom. The minimum absolute atomic E-state index is 0.126. The summed E-state index contributed by atoms with van der Waals surface area (Å²) < 4.78 is 32.2. The third kappa shape index (κ3) is 4.07. The van der Waals surface area contributed by atoms with Gasteiger partial charge >= 0.3 is 0 Å². The van der Waals surface area contributed by atoms with Crippen LogP contribution in [-0.2, 0) is 14.8 Å². The Hall–Kier alpha value is -2.22. The summed E-state index contributed by atoms with van der Waals surface area (Å²) in [7, 11) is -3.57. The molecule has 6 nitrogen and oxygen atoms in total. The maximum absolute atomic E-state index is 12.7. The second-order valence-corrected chi connectivity index (χ2v) is 7.83. The Balaban J connectivity index is 1.74. The molecule has 3 rings (SSSR count). The molecular formula is C18H20N2O4S. The van der Waals surface area contributed by atoms with Crippen molar-refractivity contribution in [1.29, 1.82) is 0 Å². The fourth-order valence-corrected chi connectivity index (χ4v) is 4.16. The number of carbonyl (C=O) groups excluding carboxylic acids is 1. The molecule has 0 aromatic heterocycles. The van der Waals surface area contributed by atoms with Gasteiger partial charge in [-0.3, -0.25) is 4.79 Å². The molecule has 0 bridgehead atoms. The van der Waals surface area contributed by atoms with Crippen LogP contribution in [0, 0.1) is 0 Å². The van der Waals surface area contributed by atoms with Gasteiger partial charge in [-0.1, -0.05) is 18.2 Å². The molecule has 1 fully saturated rings. The van der Waals surface area contributed by atoms with Gasteiger partial charge in [0.05, 0.1) is 17.6 Å². The summed E-state index contributed by atoms with van der Waals surface area (Å²) in [6, 6.07) is 15.1. The van der Waals surface area contributed by atoms with Crippen LogP contribution in [0.2, 0.25) is 0 Å². The molecule has 1 aliphatic heterocycles. The molecule has 0 aliphatic carbocycles. The van der Waals surface area contributed by atoms with E-state index in [9.17, 15) is 13.2 Å². The van der Waals surface area contributed by atoms with Gasteiger partial charge in [0, 0.05) is 24.3 Å². The van der Waals surface area contributed by atoms with Crippen molar-refractivity contribution in [2.45, 2.75) is 17.9 Å². The van der Waals surface area contributed by atoms with Gasteiger partial charge in [0.15, 0.2) is 0 Å². The lowest BCUT2D eigenvalue weighted by Gasteiger charge is -2.30. The zero-order valence-electron chi connectivity index (χ0n) is 13.9. The van der Waals surface area contributed by atoms with E-state index in [1.807, 2.05) is 25.1 Å². The summed E-state index contributed by atoms with van der Waals surface area (Å²) in [4.78, 5) is 12.4. The van der Waals surface area contributed by atoms with Crippen molar-refractivity contribution < 1.29 is 17.9 Å². The highest BCUT2D eigenvalue weighted by Crippen LogP contribution is 2.19. The summed E-state index contributed by atoms with van der Waals surface area (Å²) in [5.41, 5.74) is 1.09. The summed E-state index contributed by atoms with van der Waals surface area (Å²) >= 11 is 0. The second kappa shape index (κ2) is 7.35. The lowest BCUT2D eigenvalue weighted by molar-refractivity contribution is 0.0102. The number of ether oxygens (including phenoxy) is 1. The monoisotopic (exact) mass is 360 g/mol. The molecule has 1 unspecified atom stereocenters. The SMILES string of the molecule is CC1CN(S(=O)(=O)c2ccc(C(=O)Nc3ccccc3)cc2)CCO1. The van der Waals surface area contributed by atoms with Crippen molar-refractivity contribution in [1.82, 2.24) is 4.31 Å². The van der Waals surface area contributed by atoms with E-state index >= 15 is 0 Å². The van der Waals surface area contributed by atoms with E-state index < -0.39 is 10.0 Å². The highest BCUT2D eigenvalue weighted by molar-refractivity contribution is 7.89. The van der Waals surface area contributed by atoms with Crippen LogP contribution in [0.4, 0.5) is 5.69 Å². The molecule has 0 spiro atoms. The zero-order chi connectivity index (χ0) is 17.9. The Morgan fingerprint density at radius 3 is 2.44 bits per heavy atom. The predicted octanol–water partition coefficient (Wildman–Crippen LogP) is 2.35. The Kier molecular flexibility index (Phi) is 5.17. The van der Waals surface area contributed by atoms with Gasteiger partial charge in [-0.05, 0) is 43.3 Å². The average molecular weight is 360 g/mol. The number of nitrogens with one attached hydrogen (secondary N) is 1. The van der Waals surface area contributed by atoms with Gasteiger partial charge in [0.1, 0.15) is 0 Å². The van der Waals surface area contributed by atoms with Crippen LogP contribution in [0.3, 0.4) is 0 Å². The molecular weight excluding hydrogens is 340 g/mol. The summed E-state index contributed by atoms with van der Waals surface area (Å²) in [6.45, 7) is 2.90. The minimum Gasteiger partial charge on any atom is -0.376 e. The van der Waals surface area contributed by atoms with E-state index in [1.54, 1.807) is 12.1 Å². The van der Waals surface area contributed by atoms with Crippen molar-refractivity contribution in [3.05, 3.63) is 60.2 Å². The number of amides is 1. The quantitative estimate of drug-likeness (QED) is 0.908. The summed E-state index contributed by atoms with van der Waals surface area (Å²) in [5.74, 6) is -0.282. The number of anilines is 1. The molecule has 132 valence electrons. The van der Waals surface area contributed by atoms with Gasteiger partial charge in [0.25, 0.3) is 5.91 Å². The van der Waals surface area contributed by atoms with Crippen LogP contribution in [0.25, 0.3) is 0 Å². The third-order valence-electron chi connectivity index (χ3n) is 3.99. The van der Waals surface area contributed by atoms with Crippen molar-refractivity contribution in [3.8, 4) is 0 Å². The number of nitrogens with zero attached hydrogens (tertiary/aromatic N) is 1. The fraction of sp³-hybridized carbons (Fsp3) is 0.278. The maximum atomic E-state index is 12.7. The first-order chi connectivity index (χ1) is 12.0. The van der Waals surface area contributed by atoms with Crippen molar-refractivity contribution in [3.63, 3.8) is 0 Å². The Bertz CT molecular complexity index is 835. The molecule has 1 heterocycles. The van der Waals surface area contributed by atoms with E-state index in [0.29, 0.717) is 30.9 Å². The molecule has 25 heavy (non-hydrogen) atoms. The number of hydrogen-bond donors (Lipinski definition) is 1. The van der Waals surface area contributed by atoms with Gasteiger partial charge < -0.3 is 10.1 Å². The normalized spacial score (nSPS) is 18.7. The van der Waals surface area contributed by atoms with Crippen LogP contribution in [-0.4, -0.2) is 44.4 Å². The van der Waals surface area contributed by atoms with Crippen molar-refractivity contribution >= 4 is 21.6 Å². The summed E-state index contributed by atoms with van der Waals surface area (Å²) in [5, 5.41) is 2.77. The first kappa shape index (κ1) is 17.6. The van der Waals surface area contributed by atoms with E-state index in [1.165, 1.54) is 28.6 Å². The topological polar surface area (TPSA) is 75.7 Å². The first-order valence-electron chi connectivity index (χ1n) is 8.05. The number of morpholine rings is 1. The van der Waals surface area contributed by atoms with Gasteiger partial charge in [-0.2, -0.15) is 4.31 Å². The lowest BCUT2D eigenvalue weighted by Crippen LogP contribution is -2.44. The number of carbonyl (C=O) groups is 1. The second-order valence-electron chi connectivity index (χ2n) is 5.89. The third-order valence-corrected chi connectivity index (χ3v) is 5.87. The Labute approximate surface area is 147 Å². The fourth-order valence-electron chi connectivity index (χ4n) is 2.66. The molecule has 0 saturated carbocycles. The van der Waals surface area contributed by atoms with E-state index in [2.05, 4.69) is 5.32 Å². The number of para-hydroxylation sites is 1. The standard InChI is InChI=1S/C18H20N2O4S/c1-14-13-20(11-12-24-14)25(22,23)17-9-7-15(8-10-17)18(21)19-16-5-3-2-4-6-16/h2-10,14H,11-13H2,1H3,(H,19,21). The molecule has 2 aromatic rings. The van der Waals surface area contributed by atoms with Gasteiger partial charge in [-0.15, -0.1) is 0 Å². The summed E-state index contributed by atoms with van der Waals surface area (Å²) in [6.07, 6.45) is -0.126. The molecule has 1 aliphatic rings. The largest absolute Gasteiger partial charge is 0.376 e. The van der Waals surface area contributed by atoms with E-state index in [-0.39, 0.29) is 16.9 Å². The first-order valence-corrected chi connectivity index (χ1v) is 9.49. The molecule has 1 amide bonds. The molecule has 7 heteroatoms. The van der Waals surface area contributed by atoms with Crippen molar-refractivity contribution in [2.75, 3.05) is 25.0 Å². The molecule has 1 saturated heterocycles. The molecule has 0 radical (unpaired) electrons. The predicted molar refractivity (Wildman–Crippen MR) is 95.0 cm³/mol. The van der Waals surface area contributed by atoms with Crippen LogP contribution < -0.4 is 5.32 Å². The van der Waals surface area contributed by atoms with Crippen LogP contribution in [0.15, 0.2) is 59.5 Å². The minimum atomic E-state index is -3.57. The van der Waals surface area contributed by atoms with Gasteiger partial charge in [-0.25, -0.2) is 8.42 Å². The molecule has 1 N–H and O–H groups in total. The maximum Gasteiger partial charge on any atom is 0.255 e. The van der Waals surface area contributed by atoms with E-state index in [4.69, 9.17) is 4.74 Å². The highest BCUT2D eigenvalue weighted by Gasteiger charge is 2.29. The molecule has 1 atom stereocenters. The lowest BCUT2D eigenvalue weighted by atomic mass is 10.2. The van der Waals surface area contributed by atoms with Gasteiger partial charge in [0.2, 0.25) is 10.0 Å². The Morgan fingerprint density at radius 1 is 1.12 bits per heavy atom. The number of sulfonamides is 1. The number of hydrogen-bond acceptors (Lipinski definition) is 4. The molecule has 2 aromatic carbocycles. The zero-order valence-corrected chi connectivity index (χ0v) is 14.7. The highest BCUT2D eigenvalue weighted by atomic mass is 32.2. The number of benzene rings is 2. The number of rotatable bonds is 4. The van der Waals surface area contributed by atoms with Crippen LogP contribution >= 0.6 is 0 Å². The van der Waals surface area contributed by atoms with Crippen LogP contribution in [0.1, 0.15) is 17.3 Å².